The van der Waals surface area contributed by atoms with Crippen LogP contribution in [-0.4, -0.2) is 5.91 Å². The minimum Gasteiger partial charge on any atom is -0.426 e. The summed E-state index contributed by atoms with van der Waals surface area (Å²) in [5, 5.41) is 2.63. The number of anilines is 1. The van der Waals surface area contributed by atoms with E-state index in [0.29, 0.717) is 16.9 Å². The summed E-state index contributed by atoms with van der Waals surface area (Å²) in [6.45, 7) is 7.68. The lowest BCUT2D eigenvalue weighted by atomic mass is 9.92. The number of amides is 1. The van der Waals surface area contributed by atoms with E-state index < -0.39 is 5.63 Å². The van der Waals surface area contributed by atoms with Crippen molar-refractivity contribution in [1.29, 1.82) is 0 Å². The zero-order valence-electron chi connectivity index (χ0n) is 12.7. The Hall–Kier alpha value is -2.36. The van der Waals surface area contributed by atoms with Crippen LogP contribution in [0.1, 0.15) is 42.5 Å². The van der Waals surface area contributed by atoms with E-state index in [1.165, 1.54) is 0 Å². The van der Waals surface area contributed by atoms with E-state index >= 15 is 0 Å². The molecule has 1 heterocycles. The molecule has 2 aromatic rings. The molecule has 0 saturated heterocycles. The molecule has 0 atom stereocenters. The van der Waals surface area contributed by atoms with Crippen LogP contribution in [0.2, 0.25) is 0 Å². The highest BCUT2D eigenvalue weighted by molar-refractivity contribution is 6.04. The topological polar surface area (TPSA) is 59.3 Å². The van der Waals surface area contributed by atoms with Gasteiger partial charge < -0.3 is 9.73 Å². The molecule has 0 spiro atoms. The van der Waals surface area contributed by atoms with Crippen molar-refractivity contribution in [2.45, 2.75) is 33.1 Å². The van der Waals surface area contributed by atoms with Crippen LogP contribution in [0.3, 0.4) is 0 Å². The molecular formula is C17H19NO3. The number of rotatable bonds is 2. The third-order valence-electron chi connectivity index (χ3n) is 3.16. The molecule has 1 aromatic carbocycles. The number of carbonyl (C=O) groups excluding carboxylic acids is 1. The lowest BCUT2D eigenvalue weighted by Crippen LogP contribution is -2.22. The largest absolute Gasteiger partial charge is 0.426 e. The van der Waals surface area contributed by atoms with E-state index in [-0.39, 0.29) is 17.0 Å². The van der Waals surface area contributed by atoms with Crippen LogP contribution in [0.4, 0.5) is 5.69 Å². The van der Waals surface area contributed by atoms with Gasteiger partial charge in [0.2, 0.25) is 0 Å². The molecule has 1 amide bonds. The first kappa shape index (κ1) is 15.0. The van der Waals surface area contributed by atoms with Crippen LogP contribution in [0, 0.1) is 6.92 Å². The minimum atomic E-state index is -0.524. The normalized spacial score (nSPS) is 11.2. The van der Waals surface area contributed by atoms with E-state index in [0.717, 1.165) is 0 Å². The number of benzene rings is 1. The molecule has 4 heteroatoms. The highest BCUT2D eigenvalue weighted by Crippen LogP contribution is 2.24. The van der Waals surface area contributed by atoms with Crippen LogP contribution in [0.5, 0.6) is 0 Å². The highest BCUT2D eigenvalue weighted by atomic mass is 16.4. The average molecular weight is 285 g/mol. The molecular weight excluding hydrogens is 266 g/mol. The van der Waals surface area contributed by atoms with Gasteiger partial charge in [0.1, 0.15) is 11.4 Å². The fourth-order valence-electron chi connectivity index (χ4n) is 1.90. The Morgan fingerprint density at radius 2 is 1.76 bits per heavy atom. The smallest absolute Gasteiger partial charge is 0.360 e. The van der Waals surface area contributed by atoms with E-state index in [1.807, 2.05) is 26.8 Å². The molecule has 4 nitrogen and oxygen atoms in total. The first-order valence-electron chi connectivity index (χ1n) is 6.80. The van der Waals surface area contributed by atoms with Crippen LogP contribution < -0.4 is 10.9 Å². The second-order valence-corrected chi connectivity index (χ2v) is 6.03. The zero-order chi connectivity index (χ0) is 15.6. The molecule has 0 aliphatic rings. The highest BCUT2D eigenvalue weighted by Gasteiger charge is 2.20. The van der Waals surface area contributed by atoms with Gasteiger partial charge >= 0.3 is 5.63 Å². The van der Waals surface area contributed by atoms with Gasteiger partial charge in [0, 0.05) is 11.0 Å². The van der Waals surface area contributed by atoms with Crippen LogP contribution >= 0.6 is 0 Å². The average Bonchev–Trinajstić information content (AvgIpc) is 2.42. The maximum Gasteiger partial charge on any atom is 0.360 e. The molecule has 2 rings (SSSR count). The number of hydrogen-bond donors (Lipinski definition) is 1. The summed E-state index contributed by atoms with van der Waals surface area (Å²) in [4.78, 5) is 24.2. The summed E-state index contributed by atoms with van der Waals surface area (Å²) in [6, 6.07) is 10.5. The third kappa shape index (κ3) is 3.40. The van der Waals surface area contributed by atoms with Crippen molar-refractivity contribution < 1.29 is 9.21 Å². The summed E-state index contributed by atoms with van der Waals surface area (Å²) in [5.74, 6) is 0.275. The van der Waals surface area contributed by atoms with Crippen molar-refractivity contribution in [3.05, 3.63) is 63.7 Å². The monoisotopic (exact) mass is 285 g/mol. The first-order chi connectivity index (χ1) is 9.79. The van der Waals surface area contributed by atoms with Gasteiger partial charge in [0.25, 0.3) is 5.91 Å². The summed E-state index contributed by atoms with van der Waals surface area (Å²) in [7, 11) is 0. The van der Waals surface area contributed by atoms with E-state index in [9.17, 15) is 9.59 Å². The molecule has 0 aliphatic heterocycles. The fourth-order valence-corrected chi connectivity index (χ4v) is 1.90. The summed E-state index contributed by atoms with van der Waals surface area (Å²) < 4.78 is 5.32. The quantitative estimate of drug-likeness (QED) is 0.918. The molecule has 21 heavy (non-hydrogen) atoms. The predicted molar refractivity (Wildman–Crippen MR) is 82.8 cm³/mol. The van der Waals surface area contributed by atoms with Gasteiger partial charge in [-0.1, -0.05) is 39.0 Å². The Labute approximate surface area is 123 Å². The molecule has 0 saturated carbocycles. The minimum absolute atomic E-state index is 0.192. The van der Waals surface area contributed by atoms with Gasteiger partial charge in [0.15, 0.2) is 0 Å². The Kier molecular flexibility index (Phi) is 3.98. The van der Waals surface area contributed by atoms with Gasteiger partial charge in [-0.15, -0.1) is 0 Å². The fraction of sp³-hybridized carbons (Fsp3) is 0.294. The molecule has 1 N–H and O–H groups in total. The van der Waals surface area contributed by atoms with Crippen molar-refractivity contribution in [3.8, 4) is 0 Å². The molecule has 0 aliphatic carbocycles. The lowest BCUT2D eigenvalue weighted by molar-refractivity contribution is 0.102. The van der Waals surface area contributed by atoms with Crippen molar-refractivity contribution in [2.24, 2.45) is 0 Å². The zero-order valence-corrected chi connectivity index (χ0v) is 12.7. The van der Waals surface area contributed by atoms with E-state index in [1.54, 1.807) is 37.3 Å². The van der Waals surface area contributed by atoms with E-state index in [2.05, 4.69) is 5.32 Å². The Bertz CT molecular complexity index is 709. The predicted octanol–water partition coefficient (Wildman–Crippen LogP) is 3.50. The van der Waals surface area contributed by atoms with Gasteiger partial charge in [-0.05, 0) is 30.7 Å². The Morgan fingerprint density at radius 3 is 2.29 bits per heavy atom. The second kappa shape index (κ2) is 5.56. The van der Waals surface area contributed by atoms with Crippen LogP contribution in [0.15, 0.2) is 45.6 Å². The maximum atomic E-state index is 12.1. The number of hydrogen-bond acceptors (Lipinski definition) is 3. The maximum absolute atomic E-state index is 12.1. The summed E-state index contributed by atoms with van der Waals surface area (Å²) in [5.41, 5.74) is 0.601. The molecule has 0 bridgehead atoms. The Morgan fingerprint density at radius 1 is 1.14 bits per heavy atom. The molecule has 0 unspecified atom stereocenters. The van der Waals surface area contributed by atoms with Crippen LogP contribution in [-0.2, 0) is 5.41 Å². The van der Waals surface area contributed by atoms with E-state index in [4.69, 9.17) is 4.42 Å². The number of nitrogens with one attached hydrogen (secondary N) is 1. The standard InChI is InChI=1S/C17H19NO3/c1-11-10-13(17(2,3)4)21-16(20)14(11)18-15(19)12-8-6-5-7-9-12/h5-10H,1-4H3,(H,18,19). The SMILES string of the molecule is Cc1cc(C(C)(C)C)oc(=O)c1NC(=O)c1ccccc1. The molecule has 0 fully saturated rings. The van der Waals surface area contributed by atoms with Crippen molar-refractivity contribution in [2.75, 3.05) is 5.32 Å². The number of carbonyl (C=O) groups is 1. The van der Waals surface area contributed by atoms with Gasteiger partial charge in [-0.25, -0.2) is 4.79 Å². The van der Waals surface area contributed by atoms with Crippen molar-refractivity contribution in [3.63, 3.8) is 0 Å². The Balaban J connectivity index is 2.34. The second-order valence-electron chi connectivity index (χ2n) is 6.03. The van der Waals surface area contributed by atoms with Gasteiger partial charge in [-0.3, -0.25) is 4.79 Å². The summed E-state index contributed by atoms with van der Waals surface area (Å²) >= 11 is 0. The van der Waals surface area contributed by atoms with Gasteiger partial charge in [-0.2, -0.15) is 0 Å². The lowest BCUT2D eigenvalue weighted by Gasteiger charge is -2.18. The van der Waals surface area contributed by atoms with Crippen molar-refractivity contribution in [1.82, 2.24) is 0 Å². The third-order valence-corrected chi connectivity index (χ3v) is 3.16. The van der Waals surface area contributed by atoms with Gasteiger partial charge in [0.05, 0.1) is 0 Å². The van der Waals surface area contributed by atoms with Crippen molar-refractivity contribution >= 4 is 11.6 Å². The molecule has 0 radical (unpaired) electrons. The molecule has 1 aromatic heterocycles. The summed E-state index contributed by atoms with van der Waals surface area (Å²) in [6.07, 6.45) is 0. The first-order valence-corrected chi connectivity index (χ1v) is 6.80. The molecule has 110 valence electrons. The van der Waals surface area contributed by atoms with Crippen LogP contribution in [0.25, 0.3) is 0 Å². The number of aryl methyl sites for hydroxylation is 1.